The second-order valence-corrected chi connectivity index (χ2v) is 12.5. The number of aliphatic hydroxyl groups is 1. The average molecular weight is 411 g/mol. The Morgan fingerprint density at radius 3 is 2.87 bits per heavy atom. The summed E-state index contributed by atoms with van der Waals surface area (Å²) in [6, 6.07) is 0. The molecule has 0 bridgehead atoms. The van der Waals surface area contributed by atoms with Gasteiger partial charge in [-0.2, -0.15) is 0 Å². The van der Waals surface area contributed by atoms with E-state index in [-0.39, 0.29) is 16.4 Å². The van der Waals surface area contributed by atoms with Gasteiger partial charge in [-0.25, -0.2) is 9.78 Å². The molecule has 3 fully saturated rings. The standard InChI is InChI=1S/C27H38O3/c1-5-10-27(28)22-13-21(22)23-20-7-6-17-14-26(15-24(2,3)16-29-30-26)12-9-18(17)19(20)8-11-25(23,27)4/h5,8,20-23,28H,1,6-7,9-16H2,2-4H3/t20-,21-,22+,23-,25+,26?,27+/m1/s1. The van der Waals surface area contributed by atoms with E-state index in [1.54, 1.807) is 16.7 Å². The highest BCUT2D eigenvalue weighted by molar-refractivity contribution is 5.46. The number of hydrogen-bond acceptors (Lipinski definition) is 3. The largest absolute Gasteiger partial charge is 0.389 e. The molecule has 30 heavy (non-hydrogen) atoms. The smallest absolute Gasteiger partial charge is 0.108 e. The molecule has 6 aliphatic rings. The Morgan fingerprint density at radius 2 is 2.10 bits per heavy atom. The second-order valence-electron chi connectivity index (χ2n) is 12.5. The highest BCUT2D eigenvalue weighted by atomic mass is 17.2. The molecular weight excluding hydrogens is 372 g/mol. The molecule has 0 amide bonds. The fourth-order valence-corrected chi connectivity index (χ4v) is 8.87. The van der Waals surface area contributed by atoms with Crippen LogP contribution < -0.4 is 0 Å². The SMILES string of the molecule is C=CC[C@]1(O)[C@H]2C[C@H]2[C@H]2[C@@H]3CCC4=C(CCC5(C4)CC(C)(C)COO5)C3=CC[C@@]21C. The van der Waals surface area contributed by atoms with E-state index in [1.165, 1.54) is 19.3 Å². The Bertz CT molecular complexity index is 852. The number of allylic oxidation sites excluding steroid dienone is 3. The van der Waals surface area contributed by atoms with Gasteiger partial charge in [0.15, 0.2) is 0 Å². The van der Waals surface area contributed by atoms with E-state index in [2.05, 4.69) is 33.4 Å². The van der Waals surface area contributed by atoms with Crippen molar-refractivity contribution in [3.05, 3.63) is 35.5 Å². The van der Waals surface area contributed by atoms with Crippen LogP contribution in [-0.2, 0) is 9.78 Å². The third-order valence-corrected chi connectivity index (χ3v) is 10.1. The zero-order valence-corrected chi connectivity index (χ0v) is 19.0. The third-order valence-electron chi connectivity index (χ3n) is 10.1. The predicted molar refractivity (Wildman–Crippen MR) is 117 cm³/mol. The van der Waals surface area contributed by atoms with Crippen LogP contribution >= 0.6 is 0 Å². The zero-order valence-electron chi connectivity index (χ0n) is 19.0. The lowest BCUT2D eigenvalue weighted by Gasteiger charge is -2.53. The molecule has 6 rings (SSSR count). The fraction of sp³-hybridized carbons (Fsp3) is 0.778. The monoisotopic (exact) mass is 410 g/mol. The molecule has 0 aromatic heterocycles. The van der Waals surface area contributed by atoms with E-state index < -0.39 is 5.60 Å². The third kappa shape index (κ3) is 2.49. The molecule has 3 heteroatoms. The summed E-state index contributed by atoms with van der Waals surface area (Å²) in [6.45, 7) is 11.7. The normalized spacial score (nSPS) is 50.9. The van der Waals surface area contributed by atoms with Gasteiger partial charge in [-0.15, -0.1) is 6.58 Å². The summed E-state index contributed by atoms with van der Waals surface area (Å²) >= 11 is 0. The number of fused-ring (bicyclic) bond motifs is 6. The first-order chi connectivity index (χ1) is 14.2. The van der Waals surface area contributed by atoms with Gasteiger partial charge in [0.05, 0.1) is 12.2 Å². The average Bonchev–Trinajstić information content (AvgIpc) is 3.44. The quantitative estimate of drug-likeness (QED) is 0.455. The molecular formula is C27H38O3. The van der Waals surface area contributed by atoms with E-state index >= 15 is 0 Å². The Kier molecular flexibility index (Phi) is 4.03. The molecule has 1 unspecified atom stereocenters. The van der Waals surface area contributed by atoms with E-state index in [1.807, 2.05) is 6.08 Å². The van der Waals surface area contributed by atoms with Crippen LogP contribution in [0, 0.1) is 34.5 Å². The Balaban J connectivity index is 1.32. The van der Waals surface area contributed by atoms with Crippen LogP contribution in [0.2, 0.25) is 0 Å². The van der Waals surface area contributed by atoms with Gasteiger partial charge in [0.2, 0.25) is 0 Å². The van der Waals surface area contributed by atoms with Crippen molar-refractivity contribution >= 4 is 0 Å². The lowest BCUT2D eigenvalue weighted by atomic mass is 9.53. The molecule has 0 aromatic carbocycles. The molecule has 1 saturated heterocycles. The molecule has 5 aliphatic carbocycles. The van der Waals surface area contributed by atoms with Gasteiger partial charge in [0.25, 0.3) is 0 Å². The summed E-state index contributed by atoms with van der Waals surface area (Å²) in [7, 11) is 0. The maximum Gasteiger partial charge on any atom is 0.108 e. The van der Waals surface area contributed by atoms with Gasteiger partial charge in [0.1, 0.15) is 5.60 Å². The molecule has 2 saturated carbocycles. The van der Waals surface area contributed by atoms with Crippen LogP contribution in [0.1, 0.15) is 78.6 Å². The molecule has 0 aromatic rings. The topological polar surface area (TPSA) is 38.7 Å². The Hall–Kier alpha value is -0.900. The van der Waals surface area contributed by atoms with Gasteiger partial charge in [-0.3, -0.25) is 0 Å². The van der Waals surface area contributed by atoms with Gasteiger partial charge in [0, 0.05) is 11.8 Å². The first-order valence-electron chi connectivity index (χ1n) is 12.3. The molecule has 164 valence electrons. The first-order valence-corrected chi connectivity index (χ1v) is 12.3. The fourth-order valence-electron chi connectivity index (χ4n) is 8.87. The highest BCUT2D eigenvalue weighted by Gasteiger charge is 2.74. The predicted octanol–water partition coefficient (Wildman–Crippen LogP) is 5.90. The minimum absolute atomic E-state index is 0.0151. The van der Waals surface area contributed by atoms with Crippen molar-refractivity contribution in [2.75, 3.05) is 6.61 Å². The van der Waals surface area contributed by atoms with Crippen LogP contribution in [-0.4, -0.2) is 22.9 Å². The van der Waals surface area contributed by atoms with Gasteiger partial charge in [-0.1, -0.05) is 38.5 Å². The number of rotatable bonds is 2. The van der Waals surface area contributed by atoms with Gasteiger partial charge < -0.3 is 5.11 Å². The molecule has 1 aliphatic heterocycles. The maximum atomic E-state index is 11.8. The summed E-state index contributed by atoms with van der Waals surface area (Å²) in [5.41, 5.74) is 4.49. The Labute approximate surface area is 181 Å². The van der Waals surface area contributed by atoms with Gasteiger partial charge in [-0.05, 0) is 91.6 Å². The summed E-state index contributed by atoms with van der Waals surface area (Å²) in [6.07, 6.45) is 14.3. The minimum atomic E-state index is -0.545. The van der Waals surface area contributed by atoms with Crippen molar-refractivity contribution in [2.24, 2.45) is 34.5 Å². The lowest BCUT2D eigenvalue weighted by molar-refractivity contribution is -0.406. The molecule has 1 spiro atoms. The second kappa shape index (κ2) is 6.11. The summed E-state index contributed by atoms with van der Waals surface area (Å²) in [5.74, 6) is 2.51. The summed E-state index contributed by atoms with van der Waals surface area (Å²) < 4.78 is 0. The van der Waals surface area contributed by atoms with Crippen LogP contribution in [0.15, 0.2) is 35.5 Å². The van der Waals surface area contributed by atoms with Crippen molar-refractivity contribution in [2.45, 2.75) is 89.8 Å². The van der Waals surface area contributed by atoms with Gasteiger partial charge >= 0.3 is 0 Å². The van der Waals surface area contributed by atoms with E-state index in [0.717, 1.165) is 44.4 Å². The molecule has 0 radical (unpaired) electrons. The van der Waals surface area contributed by atoms with Crippen LogP contribution in [0.4, 0.5) is 0 Å². The van der Waals surface area contributed by atoms with Crippen LogP contribution in [0.3, 0.4) is 0 Å². The highest BCUT2D eigenvalue weighted by Crippen LogP contribution is 2.75. The van der Waals surface area contributed by atoms with E-state index in [4.69, 9.17) is 9.78 Å². The van der Waals surface area contributed by atoms with E-state index in [0.29, 0.717) is 24.4 Å². The Morgan fingerprint density at radius 1 is 1.27 bits per heavy atom. The lowest BCUT2D eigenvalue weighted by Crippen LogP contribution is -2.52. The van der Waals surface area contributed by atoms with Crippen molar-refractivity contribution in [3.8, 4) is 0 Å². The van der Waals surface area contributed by atoms with Crippen LogP contribution in [0.5, 0.6) is 0 Å². The van der Waals surface area contributed by atoms with Crippen molar-refractivity contribution in [1.82, 2.24) is 0 Å². The van der Waals surface area contributed by atoms with E-state index in [9.17, 15) is 5.11 Å². The summed E-state index contributed by atoms with van der Waals surface area (Å²) in [5, 5.41) is 11.8. The zero-order chi connectivity index (χ0) is 20.9. The first kappa shape index (κ1) is 19.8. The minimum Gasteiger partial charge on any atom is -0.389 e. The number of hydrogen-bond donors (Lipinski definition) is 1. The maximum absolute atomic E-state index is 11.8. The molecule has 3 nitrogen and oxygen atoms in total. The summed E-state index contributed by atoms with van der Waals surface area (Å²) in [4.78, 5) is 11.6. The van der Waals surface area contributed by atoms with Crippen LogP contribution in [0.25, 0.3) is 0 Å². The van der Waals surface area contributed by atoms with Crippen molar-refractivity contribution < 1.29 is 14.9 Å². The molecule has 1 N–H and O–H groups in total. The molecule has 1 heterocycles. The molecule has 7 atom stereocenters. The van der Waals surface area contributed by atoms with Crippen molar-refractivity contribution in [1.29, 1.82) is 0 Å². The van der Waals surface area contributed by atoms with Crippen molar-refractivity contribution in [3.63, 3.8) is 0 Å².